The number of aromatic nitrogens is 1. The third-order valence-electron chi connectivity index (χ3n) is 6.31. The van der Waals surface area contributed by atoms with E-state index in [2.05, 4.69) is 10.3 Å². The number of hydrogen-bond acceptors (Lipinski definition) is 5. The average molecular weight is 525 g/mol. The molecule has 1 aliphatic heterocycles. The lowest BCUT2D eigenvalue weighted by atomic mass is 9.99. The van der Waals surface area contributed by atoms with Crippen LogP contribution in [-0.4, -0.2) is 36.0 Å². The fourth-order valence-electron chi connectivity index (χ4n) is 4.49. The molecule has 2 aromatic carbocycles. The van der Waals surface area contributed by atoms with Gasteiger partial charge < -0.3 is 19.5 Å². The number of pyridine rings is 1. The number of nitrogens with zero attached hydrogens (tertiary/aromatic N) is 1. The zero-order chi connectivity index (χ0) is 26.9. The SMILES string of the molecule is CC1(C)OCC(COC2=CC(NC(=O)c3ccc4cccc(-c5cccc(C(F)(F)F)c5)c4n3)=CCC2)O1. The molecule has 0 saturated carbocycles. The van der Waals surface area contributed by atoms with Crippen molar-refractivity contribution in [1.29, 1.82) is 0 Å². The van der Waals surface area contributed by atoms with E-state index >= 15 is 0 Å². The number of carbonyl (C=O) groups is 1. The molecule has 1 atom stereocenters. The first-order valence-corrected chi connectivity index (χ1v) is 12.3. The van der Waals surface area contributed by atoms with Gasteiger partial charge in [0.05, 0.1) is 23.4 Å². The summed E-state index contributed by atoms with van der Waals surface area (Å²) in [4.78, 5) is 17.6. The van der Waals surface area contributed by atoms with Crippen molar-refractivity contribution in [3.63, 3.8) is 0 Å². The minimum Gasteiger partial charge on any atom is -0.495 e. The number of fused-ring (bicyclic) bond motifs is 1. The van der Waals surface area contributed by atoms with Gasteiger partial charge in [-0.2, -0.15) is 13.2 Å². The highest BCUT2D eigenvalue weighted by Crippen LogP contribution is 2.34. The van der Waals surface area contributed by atoms with Gasteiger partial charge in [-0.1, -0.05) is 42.5 Å². The van der Waals surface area contributed by atoms with Crippen molar-refractivity contribution in [3.05, 3.63) is 89.5 Å². The van der Waals surface area contributed by atoms with Gasteiger partial charge in [0.2, 0.25) is 0 Å². The van der Waals surface area contributed by atoms with Crippen molar-refractivity contribution in [1.82, 2.24) is 10.3 Å². The molecule has 1 unspecified atom stereocenters. The average Bonchev–Trinajstić information content (AvgIpc) is 3.25. The minimum atomic E-state index is -4.46. The highest BCUT2D eigenvalue weighted by atomic mass is 19.4. The van der Waals surface area contributed by atoms with Gasteiger partial charge in [0.1, 0.15) is 18.4 Å². The summed E-state index contributed by atoms with van der Waals surface area (Å²) < 4.78 is 57.1. The van der Waals surface area contributed by atoms with E-state index in [-0.39, 0.29) is 11.8 Å². The molecule has 1 amide bonds. The Bertz CT molecular complexity index is 1430. The molecule has 1 saturated heterocycles. The largest absolute Gasteiger partial charge is 0.495 e. The Morgan fingerprint density at radius 1 is 1.16 bits per heavy atom. The minimum absolute atomic E-state index is 0.151. The summed E-state index contributed by atoms with van der Waals surface area (Å²) in [7, 11) is 0. The highest BCUT2D eigenvalue weighted by Gasteiger charge is 2.33. The Labute approximate surface area is 218 Å². The number of carbonyl (C=O) groups excluding carboxylic acids is 1. The first-order chi connectivity index (χ1) is 18.1. The van der Waals surface area contributed by atoms with E-state index in [1.54, 1.807) is 42.5 Å². The standard InChI is InChI=1S/C29H27F3N2O4/c1-28(2)37-17-23(38-28)16-36-22-10-5-9-21(15-22)33-27(35)25-13-12-18-6-4-11-24(26(18)34-25)19-7-3-8-20(14-19)29(30,31)32/h3-4,6-9,11-15,23H,5,10,16-17H2,1-2H3,(H,33,35). The molecule has 0 radical (unpaired) electrons. The van der Waals surface area contributed by atoms with E-state index in [0.29, 0.717) is 53.8 Å². The van der Waals surface area contributed by atoms with Crippen molar-refractivity contribution in [2.45, 2.75) is 44.8 Å². The molecule has 1 aromatic heterocycles. The van der Waals surface area contributed by atoms with Crippen LogP contribution in [0.2, 0.25) is 0 Å². The number of amides is 1. The van der Waals surface area contributed by atoms with Gasteiger partial charge in [-0.25, -0.2) is 4.98 Å². The monoisotopic (exact) mass is 524 g/mol. The summed E-state index contributed by atoms with van der Waals surface area (Å²) in [6, 6.07) is 13.7. The molecule has 0 bridgehead atoms. The van der Waals surface area contributed by atoms with E-state index in [4.69, 9.17) is 14.2 Å². The van der Waals surface area contributed by atoms with Crippen LogP contribution in [0.15, 0.2) is 78.2 Å². The van der Waals surface area contributed by atoms with Crippen LogP contribution in [0.3, 0.4) is 0 Å². The van der Waals surface area contributed by atoms with Gasteiger partial charge in [0.15, 0.2) is 5.79 Å². The maximum atomic E-state index is 13.3. The van der Waals surface area contributed by atoms with E-state index in [1.165, 1.54) is 6.07 Å². The molecule has 38 heavy (non-hydrogen) atoms. The third-order valence-corrected chi connectivity index (χ3v) is 6.31. The Balaban J connectivity index is 1.33. The van der Waals surface area contributed by atoms with Gasteiger partial charge in [-0.05, 0) is 50.1 Å². The normalized spacial score (nSPS) is 19.1. The van der Waals surface area contributed by atoms with E-state index < -0.39 is 23.4 Å². The number of ether oxygens (including phenoxy) is 3. The van der Waals surface area contributed by atoms with Crippen LogP contribution in [0.25, 0.3) is 22.0 Å². The maximum absolute atomic E-state index is 13.3. The molecule has 0 spiro atoms. The summed E-state index contributed by atoms with van der Waals surface area (Å²) in [6.45, 7) is 4.51. The summed E-state index contributed by atoms with van der Waals surface area (Å²) in [5.41, 5.74) is 1.32. The van der Waals surface area contributed by atoms with Crippen LogP contribution in [0.4, 0.5) is 13.2 Å². The van der Waals surface area contributed by atoms with Crippen LogP contribution in [0.5, 0.6) is 0 Å². The van der Waals surface area contributed by atoms with E-state index in [9.17, 15) is 18.0 Å². The number of halogens is 3. The Kier molecular flexibility index (Phi) is 6.98. The number of alkyl halides is 3. The van der Waals surface area contributed by atoms with Gasteiger partial charge in [0.25, 0.3) is 5.91 Å². The first kappa shape index (κ1) is 25.9. The van der Waals surface area contributed by atoms with Crippen LogP contribution in [0, 0.1) is 0 Å². The molecule has 1 fully saturated rings. The van der Waals surface area contributed by atoms with Crippen LogP contribution < -0.4 is 5.32 Å². The number of nitrogens with one attached hydrogen (secondary N) is 1. The predicted molar refractivity (Wildman–Crippen MR) is 136 cm³/mol. The van der Waals surface area contributed by atoms with Crippen molar-refractivity contribution in [2.24, 2.45) is 0 Å². The number of benzene rings is 2. The summed E-state index contributed by atoms with van der Waals surface area (Å²) in [6.07, 6.45) is 0.445. The molecule has 1 N–H and O–H groups in total. The molecule has 3 aromatic rings. The predicted octanol–water partition coefficient (Wildman–Crippen LogP) is 6.38. The van der Waals surface area contributed by atoms with Gasteiger partial charge in [-0.15, -0.1) is 0 Å². The Morgan fingerprint density at radius 3 is 2.74 bits per heavy atom. The van der Waals surface area contributed by atoms with Crippen molar-refractivity contribution < 1.29 is 32.2 Å². The number of rotatable bonds is 6. The lowest BCUT2D eigenvalue weighted by molar-refractivity contribution is -0.143. The van der Waals surface area contributed by atoms with Crippen LogP contribution >= 0.6 is 0 Å². The molecule has 9 heteroatoms. The Morgan fingerprint density at radius 2 is 1.97 bits per heavy atom. The van der Waals surface area contributed by atoms with E-state index in [0.717, 1.165) is 17.9 Å². The summed E-state index contributed by atoms with van der Waals surface area (Å²) in [5.74, 6) is -0.319. The zero-order valence-corrected chi connectivity index (χ0v) is 21.0. The van der Waals surface area contributed by atoms with Gasteiger partial charge in [0, 0.05) is 23.1 Å². The fourth-order valence-corrected chi connectivity index (χ4v) is 4.49. The number of para-hydroxylation sites is 1. The number of allylic oxidation sites excluding steroid dienone is 3. The fraction of sp³-hybridized carbons (Fsp3) is 0.310. The van der Waals surface area contributed by atoms with Crippen LogP contribution in [0.1, 0.15) is 42.7 Å². The van der Waals surface area contributed by atoms with Gasteiger partial charge in [-0.3, -0.25) is 4.79 Å². The second-order valence-corrected chi connectivity index (χ2v) is 9.68. The molecule has 5 rings (SSSR count). The van der Waals surface area contributed by atoms with Crippen molar-refractivity contribution in [2.75, 3.05) is 13.2 Å². The Hall–Kier alpha value is -3.69. The molecular formula is C29H27F3N2O4. The second kappa shape index (κ2) is 10.2. The summed E-state index contributed by atoms with van der Waals surface area (Å²) >= 11 is 0. The molecule has 2 aliphatic rings. The van der Waals surface area contributed by atoms with Crippen molar-refractivity contribution in [3.8, 4) is 11.1 Å². The molecule has 6 nitrogen and oxygen atoms in total. The smallest absolute Gasteiger partial charge is 0.416 e. The zero-order valence-electron chi connectivity index (χ0n) is 21.0. The second-order valence-electron chi connectivity index (χ2n) is 9.68. The third kappa shape index (κ3) is 5.89. The van der Waals surface area contributed by atoms with Crippen molar-refractivity contribution >= 4 is 16.8 Å². The quantitative estimate of drug-likeness (QED) is 0.405. The molecular weight excluding hydrogens is 497 g/mol. The van der Waals surface area contributed by atoms with Gasteiger partial charge >= 0.3 is 6.18 Å². The first-order valence-electron chi connectivity index (χ1n) is 12.3. The lowest BCUT2D eigenvalue weighted by Crippen LogP contribution is -2.25. The molecule has 1 aliphatic carbocycles. The lowest BCUT2D eigenvalue weighted by Gasteiger charge is -2.19. The maximum Gasteiger partial charge on any atom is 0.416 e. The van der Waals surface area contributed by atoms with Crippen LogP contribution in [-0.2, 0) is 20.4 Å². The highest BCUT2D eigenvalue weighted by molar-refractivity contribution is 5.99. The summed E-state index contributed by atoms with van der Waals surface area (Å²) in [5, 5.41) is 3.57. The topological polar surface area (TPSA) is 69.7 Å². The van der Waals surface area contributed by atoms with E-state index in [1.807, 2.05) is 19.9 Å². The molecule has 2 heterocycles. The number of hydrogen-bond donors (Lipinski definition) is 1. The molecule has 198 valence electrons.